The highest BCUT2D eigenvalue weighted by molar-refractivity contribution is 7.90. The maximum atomic E-state index is 12.0. The van der Waals surface area contributed by atoms with E-state index in [2.05, 4.69) is 4.98 Å². The lowest BCUT2D eigenvalue weighted by molar-refractivity contribution is 0.497. The van der Waals surface area contributed by atoms with Gasteiger partial charge in [0.1, 0.15) is 5.75 Å². The van der Waals surface area contributed by atoms with E-state index in [1.807, 2.05) is 42.8 Å². The molecule has 1 heterocycles. The number of nitrogens with zero attached hydrogens (tertiary/aromatic N) is 2. The summed E-state index contributed by atoms with van der Waals surface area (Å²) in [5, 5.41) is 1.06. The van der Waals surface area contributed by atoms with Gasteiger partial charge in [-0.05, 0) is 30.7 Å². The second kappa shape index (κ2) is 5.89. The Balaban J connectivity index is 1.80. The average Bonchev–Trinajstić information content (AvgIpc) is 2.87. The molecule has 1 aromatic heterocycles. The third-order valence-electron chi connectivity index (χ3n) is 3.41. The van der Waals surface area contributed by atoms with E-state index >= 15 is 0 Å². The number of rotatable bonds is 4. The Bertz CT molecular complexity index is 971. The molecule has 0 saturated carbocycles. The van der Waals surface area contributed by atoms with Crippen LogP contribution in [0.25, 0.3) is 17.1 Å². The van der Waals surface area contributed by atoms with Gasteiger partial charge in [-0.25, -0.2) is 4.98 Å². The minimum Gasteiger partial charge on any atom is -0.379 e. The topological polar surface area (TPSA) is 61.2 Å². The zero-order chi connectivity index (χ0) is 16.4. The Morgan fingerprint density at radius 2 is 1.87 bits per heavy atom. The van der Waals surface area contributed by atoms with Gasteiger partial charge < -0.3 is 8.75 Å². The monoisotopic (exact) mass is 328 g/mol. The second-order valence-corrected chi connectivity index (χ2v) is 6.72. The largest absolute Gasteiger partial charge is 0.379 e. The predicted octanol–water partition coefficient (Wildman–Crippen LogP) is 3.26. The summed E-state index contributed by atoms with van der Waals surface area (Å²) >= 11 is 0. The number of hydrogen-bond donors (Lipinski definition) is 0. The molecule has 0 bridgehead atoms. The summed E-state index contributed by atoms with van der Waals surface area (Å²) in [6.07, 6.45) is 3.17. The summed E-state index contributed by atoms with van der Waals surface area (Å²) in [4.78, 5) is 4.18. The molecule has 0 amide bonds. The number of aryl methyl sites for hydroxylation is 2. The Labute approximate surface area is 135 Å². The third kappa shape index (κ3) is 3.60. The van der Waals surface area contributed by atoms with Crippen LogP contribution in [0.4, 0.5) is 0 Å². The lowest BCUT2D eigenvalue weighted by Crippen LogP contribution is -2.05. The van der Waals surface area contributed by atoms with E-state index < -0.39 is 10.1 Å². The molecule has 0 atom stereocenters. The predicted molar refractivity (Wildman–Crippen MR) is 90.5 cm³/mol. The molecule has 0 saturated heterocycles. The van der Waals surface area contributed by atoms with E-state index in [9.17, 15) is 8.42 Å². The molecule has 6 heteroatoms. The molecule has 0 unspecified atom stereocenters. The van der Waals surface area contributed by atoms with Crippen molar-refractivity contribution in [3.05, 3.63) is 65.3 Å². The van der Waals surface area contributed by atoms with E-state index in [1.54, 1.807) is 24.5 Å². The molecule has 5 nitrogen and oxygen atoms in total. The quantitative estimate of drug-likeness (QED) is 0.690. The third-order valence-corrected chi connectivity index (χ3v) is 4.31. The molecule has 0 aliphatic rings. The Morgan fingerprint density at radius 1 is 1.13 bits per heavy atom. The SMILES string of the molecule is Cc1ccc(C=CS(=O)(=O)Oc2ccc3c(c2)ncn3C)cc1. The first kappa shape index (κ1) is 15.3. The molecule has 2 aromatic carbocycles. The van der Waals surface area contributed by atoms with Crippen molar-refractivity contribution in [3.63, 3.8) is 0 Å². The average molecular weight is 328 g/mol. The van der Waals surface area contributed by atoms with Crippen LogP contribution in [-0.2, 0) is 17.2 Å². The zero-order valence-corrected chi connectivity index (χ0v) is 13.6. The van der Waals surface area contributed by atoms with E-state index in [-0.39, 0.29) is 5.75 Å². The fourth-order valence-electron chi connectivity index (χ4n) is 2.17. The van der Waals surface area contributed by atoms with Gasteiger partial charge >= 0.3 is 10.1 Å². The van der Waals surface area contributed by atoms with E-state index in [1.165, 1.54) is 6.08 Å². The fourth-order valence-corrected chi connectivity index (χ4v) is 2.92. The van der Waals surface area contributed by atoms with E-state index in [4.69, 9.17) is 4.18 Å². The first-order valence-corrected chi connectivity index (χ1v) is 8.50. The number of benzene rings is 2. The maximum absolute atomic E-state index is 12.0. The standard InChI is InChI=1S/C17H16N2O3S/c1-13-3-5-14(6-4-13)9-10-23(20,21)22-15-7-8-17-16(11-15)18-12-19(17)2/h3-12H,1-2H3. The molecule has 23 heavy (non-hydrogen) atoms. The van der Waals surface area contributed by atoms with Gasteiger partial charge in [-0.1, -0.05) is 29.8 Å². The summed E-state index contributed by atoms with van der Waals surface area (Å²) in [6.45, 7) is 1.97. The number of aromatic nitrogens is 2. The van der Waals surface area contributed by atoms with Crippen LogP contribution < -0.4 is 4.18 Å². The smallest absolute Gasteiger partial charge is 0.332 e. The van der Waals surface area contributed by atoms with Crippen molar-refractivity contribution >= 4 is 27.2 Å². The van der Waals surface area contributed by atoms with Crippen molar-refractivity contribution in [1.82, 2.24) is 9.55 Å². The van der Waals surface area contributed by atoms with Crippen LogP contribution in [0.2, 0.25) is 0 Å². The lowest BCUT2D eigenvalue weighted by atomic mass is 10.2. The van der Waals surface area contributed by atoms with Crippen LogP contribution in [0.5, 0.6) is 5.75 Å². The summed E-state index contributed by atoms with van der Waals surface area (Å²) in [5.74, 6) is 0.241. The maximum Gasteiger partial charge on any atom is 0.332 e. The van der Waals surface area contributed by atoms with Gasteiger partial charge in [0.25, 0.3) is 0 Å². The molecule has 0 radical (unpaired) electrons. The van der Waals surface area contributed by atoms with Crippen molar-refractivity contribution in [1.29, 1.82) is 0 Å². The van der Waals surface area contributed by atoms with Crippen LogP contribution in [-0.4, -0.2) is 18.0 Å². The van der Waals surface area contributed by atoms with Gasteiger partial charge in [-0.3, -0.25) is 0 Å². The van der Waals surface area contributed by atoms with Crippen molar-refractivity contribution in [2.75, 3.05) is 0 Å². The van der Waals surface area contributed by atoms with Crippen LogP contribution in [0.1, 0.15) is 11.1 Å². The van der Waals surface area contributed by atoms with Gasteiger partial charge in [0.2, 0.25) is 0 Å². The molecule has 0 spiro atoms. The van der Waals surface area contributed by atoms with Crippen molar-refractivity contribution in [3.8, 4) is 5.75 Å². The summed E-state index contributed by atoms with van der Waals surface area (Å²) in [6, 6.07) is 12.5. The minimum absolute atomic E-state index is 0.241. The molecule has 0 fully saturated rings. The minimum atomic E-state index is -3.82. The molecular weight excluding hydrogens is 312 g/mol. The van der Waals surface area contributed by atoms with E-state index in [0.29, 0.717) is 5.52 Å². The van der Waals surface area contributed by atoms with Gasteiger partial charge in [0.15, 0.2) is 0 Å². The van der Waals surface area contributed by atoms with E-state index in [0.717, 1.165) is 22.1 Å². The summed E-state index contributed by atoms with van der Waals surface area (Å²) in [7, 11) is -1.95. The number of fused-ring (bicyclic) bond motifs is 1. The van der Waals surface area contributed by atoms with Crippen LogP contribution in [0.3, 0.4) is 0 Å². The number of hydrogen-bond acceptors (Lipinski definition) is 4. The molecule has 3 aromatic rings. The normalized spacial score (nSPS) is 12.1. The van der Waals surface area contributed by atoms with Gasteiger partial charge in [-0.2, -0.15) is 8.42 Å². The second-order valence-electron chi connectivity index (χ2n) is 5.30. The highest BCUT2D eigenvalue weighted by atomic mass is 32.2. The first-order valence-electron chi connectivity index (χ1n) is 7.03. The molecule has 0 aliphatic carbocycles. The van der Waals surface area contributed by atoms with Crippen LogP contribution >= 0.6 is 0 Å². The fraction of sp³-hybridized carbons (Fsp3) is 0.118. The number of imidazole rings is 1. The molecule has 3 rings (SSSR count). The molecule has 118 valence electrons. The Kier molecular flexibility index (Phi) is 3.92. The highest BCUT2D eigenvalue weighted by Gasteiger charge is 2.10. The van der Waals surface area contributed by atoms with Gasteiger partial charge in [-0.15, -0.1) is 0 Å². The molecule has 0 N–H and O–H groups in total. The van der Waals surface area contributed by atoms with Crippen molar-refractivity contribution < 1.29 is 12.6 Å². The highest BCUT2D eigenvalue weighted by Crippen LogP contribution is 2.21. The van der Waals surface area contributed by atoms with Gasteiger partial charge in [0, 0.05) is 13.1 Å². The molecular formula is C17H16N2O3S. The Morgan fingerprint density at radius 3 is 2.61 bits per heavy atom. The van der Waals surface area contributed by atoms with Crippen molar-refractivity contribution in [2.24, 2.45) is 7.05 Å². The van der Waals surface area contributed by atoms with Gasteiger partial charge in [0.05, 0.1) is 22.8 Å². The summed E-state index contributed by atoms with van der Waals surface area (Å²) < 4.78 is 31.0. The van der Waals surface area contributed by atoms with Crippen LogP contribution in [0, 0.1) is 6.92 Å². The van der Waals surface area contributed by atoms with Crippen LogP contribution in [0.15, 0.2) is 54.2 Å². The Hall–Kier alpha value is -2.60. The lowest BCUT2D eigenvalue weighted by Gasteiger charge is -2.03. The molecule has 0 aliphatic heterocycles. The van der Waals surface area contributed by atoms with Crippen molar-refractivity contribution in [2.45, 2.75) is 6.92 Å². The first-order chi connectivity index (χ1) is 10.9. The zero-order valence-electron chi connectivity index (χ0n) is 12.8. The summed E-state index contributed by atoms with van der Waals surface area (Å²) in [5.41, 5.74) is 3.50.